The molecule has 0 saturated heterocycles. The van der Waals surface area contributed by atoms with Crippen molar-refractivity contribution in [3.05, 3.63) is 0 Å². The summed E-state index contributed by atoms with van der Waals surface area (Å²) in [6.07, 6.45) is 1.32. The number of hydrogen-bond acceptors (Lipinski definition) is 4. The van der Waals surface area contributed by atoms with Crippen LogP contribution < -0.4 is 5.32 Å². The van der Waals surface area contributed by atoms with Gasteiger partial charge in [0.25, 0.3) is 5.91 Å². The molecule has 2 aliphatic rings. The van der Waals surface area contributed by atoms with E-state index < -0.39 is 6.04 Å². The molecular weight excluding hydrogens is 212 g/mol. The summed E-state index contributed by atoms with van der Waals surface area (Å²) in [6, 6.07) is -0.547. The van der Waals surface area contributed by atoms with Gasteiger partial charge in [0.2, 0.25) is 0 Å². The van der Waals surface area contributed by atoms with Crippen molar-refractivity contribution in [3.8, 4) is 0 Å². The number of amidine groups is 2. The first-order chi connectivity index (χ1) is 5.27. The number of hydrogen-bond donors (Lipinski definition) is 1. The van der Waals surface area contributed by atoms with Crippen molar-refractivity contribution in [1.82, 2.24) is 5.32 Å². The molecule has 6 heteroatoms. The molecule has 0 saturated carbocycles. The lowest BCUT2D eigenvalue weighted by Gasteiger charge is -2.09. The van der Waals surface area contributed by atoms with Crippen molar-refractivity contribution in [2.24, 2.45) is 15.0 Å². The zero-order valence-electron chi connectivity index (χ0n) is 5.28. The minimum absolute atomic E-state index is 0.187. The minimum Gasteiger partial charge on any atom is -0.314 e. The molecule has 0 fully saturated rings. The molecule has 56 valence electrons. The summed E-state index contributed by atoms with van der Waals surface area (Å²) in [4.78, 5) is 22.6. The van der Waals surface area contributed by atoms with Gasteiger partial charge in [-0.25, -0.2) is 15.0 Å². The van der Waals surface area contributed by atoms with Crippen molar-refractivity contribution in [2.45, 2.75) is 6.04 Å². The fourth-order valence-corrected chi connectivity index (χ4v) is 1.25. The van der Waals surface area contributed by atoms with Crippen LogP contribution in [0.25, 0.3) is 0 Å². The van der Waals surface area contributed by atoms with E-state index in [1.165, 1.54) is 6.34 Å². The van der Waals surface area contributed by atoms with E-state index in [0.29, 0.717) is 10.6 Å². The van der Waals surface area contributed by atoms with Gasteiger partial charge < -0.3 is 5.32 Å². The Labute approximate surface area is 70.5 Å². The van der Waals surface area contributed by atoms with Gasteiger partial charge in [0.1, 0.15) is 0 Å². The Balaban J connectivity index is 2.42. The number of fused-ring (bicyclic) bond motifs is 1. The van der Waals surface area contributed by atoms with Gasteiger partial charge in [0, 0.05) is 0 Å². The molecule has 1 atom stereocenters. The second-order valence-corrected chi connectivity index (χ2v) is 2.75. The first-order valence-electron chi connectivity index (χ1n) is 2.92. The van der Waals surface area contributed by atoms with E-state index in [9.17, 15) is 4.79 Å². The molecule has 2 heterocycles. The molecular formula is C5H3BrN4O. The third kappa shape index (κ3) is 0.988. The van der Waals surface area contributed by atoms with Crippen molar-refractivity contribution in [1.29, 1.82) is 0 Å². The molecule has 0 spiro atoms. The highest BCUT2D eigenvalue weighted by molar-refractivity contribution is 9.18. The molecule has 0 aliphatic carbocycles. The fourth-order valence-electron chi connectivity index (χ4n) is 0.865. The van der Waals surface area contributed by atoms with E-state index in [1.807, 2.05) is 0 Å². The molecule has 0 bridgehead atoms. The summed E-state index contributed by atoms with van der Waals surface area (Å²) >= 11 is 3.06. The zero-order valence-corrected chi connectivity index (χ0v) is 6.87. The summed E-state index contributed by atoms with van der Waals surface area (Å²) < 4.78 is 0.423. The number of carbonyl (C=O) groups is 1. The maximum Gasteiger partial charge on any atom is 0.257 e. The van der Waals surface area contributed by atoms with Gasteiger partial charge in [-0.05, 0) is 15.9 Å². The lowest BCUT2D eigenvalue weighted by Crippen LogP contribution is -2.40. The Morgan fingerprint density at radius 3 is 3.18 bits per heavy atom. The largest absolute Gasteiger partial charge is 0.314 e. The summed E-state index contributed by atoms with van der Waals surface area (Å²) in [5.74, 6) is 0.258. The second kappa shape index (κ2) is 2.23. The van der Waals surface area contributed by atoms with E-state index in [2.05, 4.69) is 36.2 Å². The normalized spacial score (nSPS) is 27.4. The number of nitrogens with one attached hydrogen (secondary N) is 1. The van der Waals surface area contributed by atoms with E-state index >= 15 is 0 Å². The van der Waals surface area contributed by atoms with Gasteiger partial charge in [0.05, 0.1) is 6.34 Å². The molecule has 0 aromatic rings. The Hall–Kier alpha value is -1.04. The number of amides is 1. The monoisotopic (exact) mass is 214 g/mol. The van der Waals surface area contributed by atoms with Crippen LogP contribution >= 0.6 is 15.9 Å². The third-order valence-corrected chi connectivity index (χ3v) is 1.72. The Bertz CT molecular complexity index is 306. The van der Waals surface area contributed by atoms with Crippen molar-refractivity contribution in [2.75, 3.05) is 0 Å². The molecule has 1 amide bonds. The van der Waals surface area contributed by atoms with Crippen molar-refractivity contribution in [3.63, 3.8) is 0 Å². The molecule has 5 nitrogen and oxygen atoms in total. The summed E-state index contributed by atoms with van der Waals surface area (Å²) in [5, 5.41) is 2.43. The first kappa shape index (κ1) is 6.66. The fraction of sp³-hybridized carbons (Fsp3) is 0.200. The van der Waals surface area contributed by atoms with Gasteiger partial charge in [-0.2, -0.15) is 0 Å². The molecule has 2 rings (SSSR count). The summed E-state index contributed by atoms with van der Waals surface area (Å²) in [5.41, 5.74) is 0. The quantitative estimate of drug-likeness (QED) is 0.552. The van der Waals surface area contributed by atoms with Crippen LogP contribution in [0, 0.1) is 0 Å². The molecule has 1 N–H and O–H groups in total. The predicted molar refractivity (Wildman–Crippen MR) is 44.2 cm³/mol. The average molecular weight is 215 g/mol. The number of aliphatic imine (C=N–C) groups is 3. The SMILES string of the molecule is O=C1NC=NC2=NC(Br)=NC12. The number of halogens is 1. The lowest BCUT2D eigenvalue weighted by atomic mass is 10.2. The van der Waals surface area contributed by atoms with E-state index in [-0.39, 0.29) is 5.91 Å². The molecule has 2 aliphatic heterocycles. The maximum atomic E-state index is 11.0. The highest BCUT2D eigenvalue weighted by Crippen LogP contribution is 2.12. The van der Waals surface area contributed by atoms with Crippen LogP contribution in [0.5, 0.6) is 0 Å². The number of carbonyl (C=O) groups excluding carboxylic acids is 1. The highest BCUT2D eigenvalue weighted by Gasteiger charge is 2.30. The van der Waals surface area contributed by atoms with Gasteiger partial charge in [0.15, 0.2) is 16.6 Å². The van der Waals surface area contributed by atoms with Crippen LogP contribution in [0.2, 0.25) is 0 Å². The minimum atomic E-state index is -0.547. The predicted octanol–water partition coefficient (Wildman–Crippen LogP) is -0.324. The van der Waals surface area contributed by atoms with Crippen LogP contribution in [0.3, 0.4) is 0 Å². The third-order valence-electron chi connectivity index (χ3n) is 1.34. The first-order valence-corrected chi connectivity index (χ1v) is 3.71. The molecule has 0 aromatic heterocycles. The van der Waals surface area contributed by atoms with Crippen LogP contribution in [0.15, 0.2) is 15.0 Å². The zero-order chi connectivity index (χ0) is 7.84. The van der Waals surface area contributed by atoms with Crippen LogP contribution in [0.4, 0.5) is 0 Å². The van der Waals surface area contributed by atoms with Crippen molar-refractivity contribution >= 4 is 38.8 Å². The van der Waals surface area contributed by atoms with E-state index in [0.717, 1.165) is 0 Å². The van der Waals surface area contributed by atoms with Crippen LogP contribution in [-0.4, -0.2) is 28.9 Å². The maximum absolute atomic E-state index is 11.0. The van der Waals surface area contributed by atoms with Crippen molar-refractivity contribution < 1.29 is 4.79 Å². The molecule has 0 radical (unpaired) electrons. The topological polar surface area (TPSA) is 66.2 Å². The highest BCUT2D eigenvalue weighted by atomic mass is 79.9. The standard InChI is InChI=1S/C5H3BrN4O/c6-5-9-2-3(10-5)7-1-8-4(2)11/h1-2H,(H,7,8,9,10,11). The summed E-state index contributed by atoms with van der Waals surface area (Å²) in [7, 11) is 0. The average Bonchev–Trinajstić information content (AvgIpc) is 2.31. The van der Waals surface area contributed by atoms with Gasteiger partial charge in [-0.1, -0.05) is 0 Å². The van der Waals surface area contributed by atoms with Gasteiger partial charge in [-0.15, -0.1) is 0 Å². The van der Waals surface area contributed by atoms with Crippen LogP contribution in [-0.2, 0) is 4.79 Å². The number of nitrogens with zero attached hydrogens (tertiary/aromatic N) is 3. The Morgan fingerprint density at radius 1 is 1.64 bits per heavy atom. The van der Waals surface area contributed by atoms with Gasteiger partial charge in [-0.3, -0.25) is 4.79 Å². The Morgan fingerprint density at radius 2 is 2.45 bits per heavy atom. The molecule has 0 aromatic carbocycles. The second-order valence-electron chi connectivity index (χ2n) is 2.04. The van der Waals surface area contributed by atoms with E-state index in [1.54, 1.807) is 0 Å². The molecule has 11 heavy (non-hydrogen) atoms. The van der Waals surface area contributed by atoms with Gasteiger partial charge >= 0.3 is 0 Å². The lowest BCUT2D eigenvalue weighted by molar-refractivity contribution is -0.119. The molecule has 1 unspecified atom stereocenters. The smallest absolute Gasteiger partial charge is 0.257 e. The van der Waals surface area contributed by atoms with Crippen LogP contribution in [0.1, 0.15) is 0 Å². The van der Waals surface area contributed by atoms with E-state index in [4.69, 9.17) is 0 Å². The Kier molecular flexibility index (Phi) is 1.35. The number of rotatable bonds is 0. The summed E-state index contributed by atoms with van der Waals surface area (Å²) in [6.45, 7) is 0.